The summed E-state index contributed by atoms with van der Waals surface area (Å²) in [5.74, 6) is -4.52. The van der Waals surface area contributed by atoms with E-state index < -0.39 is 36.4 Å². The SMILES string of the molecule is COC(=O)C1=C(C)NC(C)=C(C(=O)OC)C1C(=O)OCc1occc1C(=O)OC. The second-order valence-electron chi connectivity index (χ2n) is 5.98. The van der Waals surface area contributed by atoms with Gasteiger partial charge in [-0.2, -0.15) is 0 Å². The number of hydrogen-bond acceptors (Lipinski definition) is 10. The van der Waals surface area contributed by atoms with Gasteiger partial charge in [0.1, 0.15) is 18.1 Å². The molecule has 0 fully saturated rings. The molecule has 2 rings (SSSR count). The quantitative estimate of drug-likeness (QED) is 0.542. The van der Waals surface area contributed by atoms with Crippen molar-refractivity contribution in [3.63, 3.8) is 0 Å². The van der Waals surface area contributed by atoms with Crippen LogP contribution >= 0.6 is 0 Å². The Kier molecular flexibility index (Phi) is 6.81. The Hall–Kier alpha value is -3.56. The minimum absolute atomic E-state index is 0.0553. The maximum absolute atomic E-state index is 12.9. The lowest BCUT2D eigenvalue weighted by Gasteiger charge is -2.28. The molecule has 1 aliphatic rings. The summed E-state index contributed by atoms with van der Waals surface area (Å²) in [5.41, 5.74) is 0.576. The van der Waals surface area contributed by atoms with E-state index in [4.69, 9.17) is 18.6 Å². The van der Waals surface area contributed by atoms with Crippen LogP contribution in [0.5, 0.6) is 0 Å². The monoisotopic (exact) mass is 407 g/mol. The number of carbonyl (C=O) groups is 4. The lowest BCUT2D eigenvalue weighted by Crippen LogP contribution is -2.37. The molecular formula is C19H21NO9. The van der Waals surface area contributed by atoms with Crippen molar-refractivity contribution in [2.45, 2.75) is 20.5 Å². The highest BCUT2D eigenvalue weighted by molar-refractivity contribution is 6.05. The van der Waals surface area contributed by atoms with Crippen LogP contribution in [-0.4, -0.2) is 45.2 Å². The molecule has 10 heteroatoms. The summed E-state index contributed by atoms with van der Waals surface area (Å²) in [7, 11) is 3.51. The summed E-state index contributed by atoms with van der Waals surface area (Å²) >= 11 is 0. The number of carbonyl (C=O) groups excluding carboxylic acids is 4. The van der Waals surface area contributed by atoms with Gasteiger partial charge in [0.15, 0.2) is 5.76 Å². The highest BCUT2D eigenvalue weighted by atomic mass is 16.5. The van der Waals surface area contributed by atoms with Gasteiger partial charge in [-0.1, -0.05) is 0 Å². The van der Waals surface area contributed by atoms with Crippen LogP contribution in [0.4, 0.5) is 0 Å². The van der Waals surface area contributed by atoms with E-state index in [9.17, 15) is 19.2 Å². The van der Waals surface area contributed by atoms with Crippen molar-refractivity contribution in [1.82, 2.24) is 5.32 Å². The smallest absolute Gasteiger partial charge is 0.341 e. The highest BCUT2D eigenvalue weighted by Gasteiger charge is 2.42. The van der Waals surface area contributed by atoms with Crippen LogP contribution in [0.3, 0.4) is 0 Å². The van der Waals surface area contributed by atoms with Gasteiger partial charge in [0.05, 0.1) is 38.7 Å². The number of esters is 4. The number of methoxy groups -OCH3 is 3. The molecule has 1 N–H and O–H groups in total. The van der Waals surface area contributed by atoms with Crippen molar-refractivity contribution in [3.8, 4) is 0 Å². The van der Waals surface area contributed by atoms with E-state index in [1.807, 2.05) is 0 Å². The van der Waals surface area contributed by atoms with Crippen molar-refractivity contribution >= 4 is 23.9 Å². The number of nitrogens with one attached hydrogen (secondary N) is 1. The molecule has 0 bridgehead atoms. The number of ether oxygens (including phenoxy) is 4. The van der Waals surface area contributed by atoms with Gasteiger partial charge in [0.25, 0.3) is 0 Å². The molecule has 0 saturated carbocycles. The molecule has 0 radical (unpaired) electrons. The Morgan fingerprint density at radius 1 is 0.931 bits per heavy atom. The predicted molar refractivity (Wildman–Crippen MR) is 95.9 cm³/mol. The van der Waals surface area contributed by atoms with Gasteiger partial charge in [0.2, 0.25) is 0 Å². The highest BCUT2D eigenvalue weighted by Crippen LogP contribution is 2.32. The molecule has 156 valence electrons. The Morgan fingerprint density at radius 3 is 1.93 bits per heavy atom. The fraction of sp³-hybridized carbons (Fsp3) is 0.368. The van der Waals surface area contributed by atoms with Crippen LogP contribution in [0.1, 0.15) is 30.0 Å². The van der Waals surface area contributed by atoms with Crippen molar-refractivity contribution < 1.29 is 42.5 Å². The third-order valence-corrected chi connectivity index (χ3v) is 4.30. The van der Waals surface area contributed by atoms with Gasteiger partial charge in [-0.05, 0) is 19.9 Å². The van der Waals surface area contributed by atoms with Crippen molar-refractivity contribution in [1.29, 1.82) is 0 Å². The molecule has 0 saturated heterocycles. The Balaban J connectivity index is 2.37. The van der Waals surface area contributed by atoms with Crippen molar-refractivity contribution in [2.24, 2.45) is 5.92 Å². The zero-order valence-corrected chi connectivity index (χ0v) is 16.6. The van der Waals surface area contributed by atoms with Crippen molar-refractivity contribution in [2.75, 3.05) is 21.3 Å². The molecule has 0 aromatic carbocycles. The van der Waals surface area contributed by atoms with Crippen LogP contribution in [0.2, 0.25) is 0 Å². The maximum Gasteiger partial charge on any atom is 0.341 e. The number of hydrogen-bond donors (Lipinski definition) is 1. The fourth-order valence-electron chi connectivity index (χ4n) is 2.96. The number of furan rings is 1. The Labute approximate surface area is 166 Å². The maximum atomic E-state index is 12.9. The summed E-state index contributed by atoms with van der Waals surface area (Å²) in [6.45, 7) is 2.71. The largest absolute Gasteiger partial charge is 0.466 e. The van der Waals surface area contributed by atoms with E-state index in [1.54, 1.807) is 13.8 Å². The minimum Gasteiger partial charge on any atom is -0.466 e. The van der Waals surface area contributed by atoms with Gasteiger partial charge in [-0.3, -0.25) is 4.79 Å². The first kappa shape index (κ1) is 21.7. The van der Waals surface area contributed by atoms with E-state index in [1.165, 1.54) is 19.4 Å². The van der Waals surface area contributed by atoms with Crippen LogP contribution in [0.25, 0.3) is 0 Å². The van der Waals surface area contributed by atoms with Gasteiger partial charge < -0.3 is 28.7 Å². The Bertz CT molecular complexity index is 869. The number of allylic oxidation sites excluding steroid dienone is 2. The molecule has 0 unspecified atom stereocenters. The van der Waals surface area contributed by atoms with Crippen LogP contribution in [0, 0.1) is 5.92 Å². The normalized spacial score (nSPS) is 14.2. The van der Waals surface area contributed by atoms with E-state index >= 15 is 0 Å². The molecule has 0 amide bonds. The molecular weight excluding hydrogens is 386 g/mol. The summed E-state index contributed by atoms with van der Waals surface area (Å²) in [6, 6.07) is 1.37. The molecule has 10 nitrogen and oxygen atoms in total. The summed E-state index contributed by atoms with van der Waals surface area (Å²) in [5, 5.41) is 2.87. The predicted octanol–water partition coefficient (Wildman–Crippen LogP) is 1.22. The van der Waals surface area contributed by atoms with Gasteiger partial charge in [-0.25, -0.2) is 14.4 Å². The van der Waals surface area contributed by atoms with Gasteiger partial charge >= 0.3 is 23.9 Å². The van der Waals surface area contributed by atoms with E-state index in [0.29, 0.717) is 11.4 Å². The first-order valence-electron chi connectivity index (χ1n) is 8.43. The third-order valence-electron chi connectivity index (χ3n) is 4.30. The molecule has 29 heavy (non-hydrogen) atoms. The molecule has 2 heterocycles. The van der Waals surface area contributed by atoms with E-state index in [0.717, 1.165) is 14.2 Å². The summed E-state index contributed by atoms with van der Waals surface area (Å²) < 4.78 is 24.6. The van der Waals surface area contributed by atoms with Crippen LogP contribution in [-0.2, 0) is 39.9 Å². The topological polar surface area (TPSA) is 130 Å². The van der Waals surface area contributed by atoms with Crippen LogP contribution in [0.15, 0.2) is 39.3 Å². The molecule has 1 aliphatic heterocycles. The molecule has 1 aromatic heterocycles. The Morgan fingerprint density at radius 2 is 1.45 bits per heavy atom. The van der Waals surface area contributed by atoms with E-state index in [2.05, 4.69) is 10.1 Å². The average molecular weight is 407 g/mol. The third kappa shape index (κ3) is 4.31. The van der Waals surface area contributed by atoms with E-state index in [-0.39, 0.29) is 22.5 Å². The van der Waals surface area contributed by atoms with Gasteiger partial charge in [0, 0.05) is 11.4 Å². The molecule has 0 spiro atoms. The van der Waals surface area contributed by atoms with Crippen molar-refractivity contribution in [3.05, 3.63) is 46.2 Å². The second-order valence-corrected chi connectivity index (χ2v) is 5.98. The van der Waals surface area contributed by atoms with Gasteiger partial charge in [-0.15, -0.1) is 0 Å². The number of dihydropyridines is 1. The molecule has 0 atom stereocenters. The average Bonchev–Trinajstić information content (AvgIpc) is 3.18. The summed E-state index contributed by atoms with van der Waals surface area (Å²) in [4.78, 5) is 49.2. The minimum atomic E-state index is -1.38. The zero-order chi connectivity index (χ0) is 21.7. The molecule has 0 aliphatic carbocycles. The second kappa shape index (κ2) is 9.09. The summed E-state index contributed by atoms with van der Waals surface area (Å²) in [6.07, 6.45) is 1.24. The van der Waals surface area contributed by atoms with Crippen LogP contribution < -0.4 is 5.32 Å². The zero-order valence-electron chi connectivity index (χ0n) is 16.6. The first-order valence-corrected chi connectivity index (χ1v) is 8.43. The fourth-order valence-corrected chi connectivity index (χ4v) is 2.96. The number of rotatable bonds is 6. The lowest BCUT2D eigenvalue weighted by atomic mass is 9.85. The standard InChI is InChI=1S/C19H21NO9/c1-9-13(17(22)26-4)15(14(10(2)20-9)18(23)27-5)19(24)29-8-12-11(6-7-28-12)16(21)25-3/h6-7,15,20H,8H2,1-5H3. The lowest BCUT2D eigenvalue weighted by molar-refractivity contribution is -0.152. The first-order chi connectivity index (χ1) is 13.8. The molecule has 1 aromatic rings.